The Balaban J connectivity index is 1.61. The fourth-order valence-electron chi connectivity index (χ4n) is 3.92. The first-order valence-electron chi connectivity index (χ1n) is 9.12. The van der Waals surface area contributed by atoms with E-state index in [0.29, 0.717) is 18.4 Å². The first-order chi connectivity index (χ1) is 10.1. The summed E-state index contributed by atoms with van der Waals surface area (Å²) in [4.78, 5) is 16.4. The lowest BCUT2D eigenvalue weighted by molar-refractivity contribution is -0.132. The van der Waals surface area contributed by atoms with Gasteiger partial charge in [0, 0.05) is 25.6 Å². The van der Waals surface area contributed by atoms with Gasteiger partial charge in [-0.1, -0.05) is 19.8 Å². The number of carbonyl (C=O) groups excluding carboxylic acids is 1. The van der Waals surface area contributed by atoms with Gasteiger partial charge in [0.2, 0.25) is 5.91 Å². The molecule has 0 saturated carbocycles. The van der Waals surface area contributed by atoms with Crippen molar-refractivity contribution in [2.24, 2.45) is 11.8 Å². The first kappa shape index (κ1) is 16.8. The number of nitrogens with zero attached hydrogens (tertiary/aromatic N) is 2. The second-order valence-corrected chi connectivity index (χ2v) is 7.33. The molecule has 0 aliphatic carbocycles. The van der Waals surface area contributed by atoms with Crippen molar-refractivity contribution in [1.82, 2.24) is 9.80 Å². The number of rotatable bonds is 5. The van der Waals surface area contributed by atoms with E-state index in [0.717, 1.165) is 24.9 Å². The highest BCUT2D eigenvalue weighted by Gasteiger charge is 2.24. The van der Waals surface area contributed by atoms with Crippen molar-refractivity contribution in [2.45, 2.75) is 71.8 Å². The highest BCUT2D eigenvalue weighted by molar-refractivity contribution is 5.75. The molecule has 0 N–H and O–H groups in total. The fraction of sp³-hybridized carbons (Fsp3) is 0.944. The zero-order valence-electron chi connectivity index (χ0n) is 14.3. The molecule has 0 aromatic rings. The normalized spacial score (nSPS) is 23.0. The summed E-state index contributed by atoms with van der Waals surface area (Å²) in [6.45, 7) is 11.2. The second-order valence-electron chi connectivity index (χ2n) is 7.33. The first-order valence-corrected chi connectivity index (χ1v) is 9.12. The molecule has 122 valence electrons. The lowest BCUT2D eigenvalue weighted by atomic mass is 9.85. The van der Waals surface area contributed by atoms with E-state index in [1.165, 1.54) is 51.6 Å². The monoisotopic (exact) mass is 294 g/mol. The van der Waals surface area contributed by atoms with E-state index >= 15 is 0 Å². The molecule has 2 heterocycles. The van der Waals surface area contributed by atoms with Crippen LogP contribution in [0.4, 0.5) is 0 Å². The predicted molar refractivity (Wildman–Crippen MR) is 88.3 cm³/mol. The van der Waals surface area contributed by atoms with Crippen LogP contribution in [0, 0.1) is 11.8 Å². The summed E-state index contributed by atoms with van der Waals surface area (Å²) in [6.07, 6.45) is 8.72. The molecule has 0 aromatic heterocycles. The third kappa shape index (κ3) is 4.98. The summed E-state index contributed by atoms with van der Waals surface area (Å²) in [6, 6.07) is 0.714. The Hall–Kier alpha value is -0.570. The van der Waals surface area contributed by atoms with Crippen LogP contribution in [0.2, 0.25) is 0 Å². The maximum Gasteiger partial charge on any atom is 0.222 e. The van der Waals surface area contributed by atoms with Crippen LogP contribution < -0.4 is 0 Å². The third-order valence-corrected chi connectivity index (χ3v) is 5.63. The van der Waals surface area contributed by atoms with Gasteiger partial charge in [0.25, 0.3) is 0 Å². The molecule has 0 aromatic carbocycles. The molecule has 0 spiro atoms. The molecule has 0 radical (unpaired) electrons. The van der Waals surface area contributed by atoms with Crippen molar-refractivity contribution in [1.29, 1.82) is 0 Å². The van der Waals surface area contributed by atoms with Crippen molar-refractivity contribution >= 4 is 5.91 Å². The number of amides is 1. The van der Waals surface area contributed by atoms with E-state index in [1.54, 1.807) is 0 Å². The van der Waals surface area contributed by atoms with Gasteiger partial charge in [-0.3, -0.25) is 4.79 Å². The smallest absolute Gasteiger partial charge is 0.222 e. The average molecular weight is 294 g/mol. The van der Waals surface area contributed by atoms with Crippen molar-refractivity contribution in [3.8, 4) is 0 Å². The zero-order valence-corrected chi connectivity index (χ0v) is 14.3. The lowest BCUT2D eigenvalue weighted by Gasteiger charge is -2.36. The molecular weight excluding hydrogens is 260 g/mol. The van der Waals surface area contributed by atoms with Gasteiger partial charge in [-0.05, 0) is 64.5 Å². The maximum atomic E-state index is 11.7. The van der Waals surface area contributed by atoms with Crippen LogP contribution in [0.3, 0.4) is 0 Å². The van der Waals surface area contributed by atoms with Crippen molar-refractivity contribution in [3.05, 3.63) is 0 Å². The number of carbonyl (C=O) groups is 1. The van der Waals surface area contributed by atoms with Gasteiger partial charge < -0.3 is 9.80 Å². The number of piperidine rings is 2. The Kier molecular flexibility index (Phi) is 6.53. The Morgan fingerprint density at radius 1 is 0.952 bits per heavy atom. The van der Waals surface area contributed by atoms with Crippen molar-refractivity contribution in [2.75, 3.05) is 26.2 Å². The van der Waals surface area contributed by atoms with E-state index in [9.17, 15) is 4.79 Å². The van der Waals surface area contributed by atoms with Crippen LogP contribution >= 0.6 is 0 Å². The van der Waals surface area contributed by atoms with E-state index in [1.807, 2.05) is 6.92 Å². The van der Waals surface area contributed by atoms with Crippen LogP contribution in [0.25, 0.3) is 0 Å². The quantitative estimate of drug-likeness (QED) is 0.774. The van der Waals surface area contributed by atoms with E-state index in [-0.39, 0.29) is 0 Å². The van der Waals surface area contributed by atoms with Crippen molar-refractivity contribution < 1.29 is 4.79 Å². The van der Waals surface area contributed by atoms with Crippen LogP contribution in [0.5, 0.6) is 0 Å². The van der Waals surface area contributed by atoms with Crippen LogP contribution in [0.15, 0.2) is 0 Å². The molecule has 1 amide bonds. The molecule has 2 saturated heterocycles. The Morgan fingerprint density at radius 2 is 1.43 bits per heavy atom. The van der Waals surface area contributed by atoms with Gasteiger partial charge in [0.05, 0.1) is 0 Å². The molecule has 2 rings (SSSR count). The van der Waals surface area contributed by atoms with Gasteiger partial charge >= 0.3 is 0 Å². The summed E-state index contributed by atoms with van der Waals surface area (Å²) >= 11 is 0. The summed E-state index contributed by atoms with van der Waals surface area (Å²) < 4.78 is 0. The van der Waals surface area contributed by atoms with Gasteiger partial charge in [0.1, 0.15) is 0 Å². The molecule has 3 heteroatoms. The van der Waals surface area contributed by atoms with Gasteiger partial charge in [-0.2, -0.15) is 0 Å². The minimum absolute atomic E-state index is 0.342. The topological polar surface area (TPSA) is 23.6 Å². The van der Waals surface area contributed by atoms with E-state index in [2.05, 4.69) is 23.6 Å². The highest BCUT2D eigenvalue weighted by Crippen LogP contribution is 2.28. The largest absolute Gasteiger partial charge is 0.343 e. The number of likely N-dealkylation sites (tertiary alicyclic amines) is 2. The van der Waals surface area contributed by atoms with Crippen LogP contribution in [-0.2, 0) is 4.79 Å². The van der Waals surface area contributed by atoms with E-state index in [4.69, 9.17) is 0 Å². The van der Waals surface area contributed by atoms with Gasteiger partial charge in [-0.25, -0.2) is 0 Å². The molecule has 2 aliphatic rings. The maximum absolute atomic E-state index is 11.7. The molecule has 0 bridgehead atoms. The Labute approximate surface area is 131 Å². The molecular formula is C18H34N2O. The molecule has 0 unspecified atom stereocenters. The minimum Gasteiger partial charge on any atom is -0.343 e. The van der Waals surface area contributed by atoms with Crippen LogP contribution in [-0.4, -0.2) is 47.9 Å². The molecule has 3 nitrogen and oxygen atoms in total. The van der Waals surface area contributed by atoms with Crippen LogP contribution in [0.1, 0.15) is 65.7 Å². The summed E-state index contributed by atoms with van der Waals surface area (Å²) in [7, 11) is 0. The standard InChI is InChI=1S/C18H34N2O/c1-4-18(21)20-13-9-17(10-14-20)6-5-16-7-11-19(12-8-16)15(2)3/h15-17H,4-14H2,1-3H3. The molecule has 2 aliphatic heterocycles. The molecule has 0 atom stereocenters. The third-order valence-electron chi connectivity index (χ3n) is 5.63. The predicted octanol–water partition coefficient (Wildman–Crippen LogP) is 3.54. The SMILES string of the molecule is CCC(=O)N1CCC(CCC2CCN(C(C)C)CC2)CC1. The summed E-state index contributed by atoms with van der Waals surface area (Å²) in [5.41, 5.74) is 0. The fourth-order valence-corrected chi connectivity index (χ4v) is 3.92. The number of hydrogen-bond acceptors (Lipinski definition) is 2. The van der Waals surface area contributed by atoms with Gasteiger partial charge in [-0.15, -0.1) is 0 Å². The van der Waals surface area contributed by atoms with E-state index < -0.39 is 0 Å². The Morgan fingerprint density at radius 3 is 1.86 bits per heavy atom. The average Bonchev–Trinajstić information content (AvgIpc) is 2.53. The lowest BCUT2D eigenvalue weighted by Crippen LogP contribution is -2.39. The van der Waals surface area contributed by atoms with Gasteiger partial charge in [0.15, 0.2) is 0 Å². The summed E-state index contributed by atoms with van der Waals surface area (Å²) in [5, 5.41) is 0. The highest BCUT2D eigenvalue weighted by atomic mass is 16.2. The minimum atomic E-state index is 0.342. The number of hydrogen-bond donors (Lipinski definition) is 0. The second kappa shape index (κ2) is 8.17. The summed E-state index contributed by atoms with van der Waals surface area (Å²) in [5.74, 6) is 2.17. The van der Waals surface area contributed by atoms with Crippen molar-refractivity contribution in [3.63, 3.8) is 0 Å². The molecule has 21 heavy (non-hydrogen) atoms. The zero-order chi connectivity index (χ0) is 15.2. The molecule has 2 fully saturated rings. The Bertz CT molecular complexity index is 313.